The molecule has 30 heavy (non-hydrogen) atoms. The summed E-state index contributed by atoms with van der Waals surface area (Å²) in [4.78, 5) is 0.244. The number of nitrogens with zero attached hydrogens (tertiary/aromatic N) is 2. The number of benzene rings is 1. The Kier molecular flexibility index (Phi) is 8.49. The monoisotopic (exact) mass is 446 g/mol. The molecule has 2 rings (SSSR count). The second-order valence-corrected chi connectivity index (χ2v) is 9.74. The molecule has 1 atom stereocenters. The minimum absolute atomic E-state index is 0.0495. The van der Waals surface area contributed by atoms with Gasteiger partial charge in [-0.25, -0.2) is 13.1 Å². The number of thioether (sulfide) groups is 1. The predicted octanol–water partition coefficient (Wildman–Crippen LogP) is 5.28. The van der Waals surface area contributed by atoms with E-state index in [0.29, 0.717) is 5.03 Å². The minimum Gasteiger partial charge on any atom is -0.382 e. The highest BCUT2D eigenvalue weighted by Crippen LogP contribution is 2.36. The first-order chi connectivity index (χ1) is 14.3. The maximum atomic E-state index is 13.3. The van der Waals surface area contributed by atoms with Gasteiger partial charge in [-0.1, -0.05) is 44.2 Å². The Morgan fingerprint density at radius 1 is 1.30 bits per heavy atom. The molecule has 1 heterocycles. The number of nitrogens with one attached hydrogen (secondary N) is 1. The first kappa shape index (κ1) is 24.0. The molecule has 0 saturated heterocycles. The van der Waals surface area contributed by atoms with E-state index < -0.39 is 9.84 Å². The van der Waals surface area contributed by atoms with Crippen LogP contribution in [0.25, 0.3) is 5.70 Å². The molecular formula is C22H30N4O2S2. The number of sulfone groups is 1. The Labute approximate surface area is 183 Å². The Morgan fingerprint density at radius 2 is 1.97 bits per heavy atom. The van der Waals surface area contributed by atoms with Crippen LogP contribution in [0.3, 0.4) is 0 Å². The van der Waals surface area contributed by atoms with E-state index in [2.05, 4.69) is 11.2 Å². The molecule has 1 unspecified atom stereocenters. The lowest BCUT2D eigenvalue weighted by atomic mass is 10.0. The zero-order valence-electron chi connectivity index (χ0n) is 17.9. The molecule has 1 aromatic heterocycles. The lowest BCUT2D eigenvalue weighted by Gasteiger charge is -2.12. The molecule has 0 radical (unpaired) electrons. The van der Waals surface area contributed by atoms with Crippen LogP contribution in [0.2, 0.25) is 0 Å². The second kappa shape index (κ2) is 10.6. The van der Waals surface area contributed by atoms with Gasteiger partial charge < -0.3 is 11.1 Å². The molecule has 0 amide bonds. The van der Waals surface area contributed by atoms with E-state index >= 15 is 0 Å². The number of rotatable bonds is 10. The number of anilines is 1. The summed E-state index contributed by atoms with van der Waals surface area (Å²) in [6.45, 7) is 6.00. The van der Waals surface area contributed by atoms with Crippen molar-refractivity contribution >= 4 is 39.3 Å². The maximum Gasteiger partial charge on any atom is 0.212 e. The summed E-state index contributed by atoms with van der Waals surface area (Å²) in [5.74, 6) is 0.330. The van der Waals surface area contributed by atoms with Crippen LogP contribution in [0.1, 0.15) is 40.0 Å². The summed E-state index contributed by atoms with van der Waals surface area (Å²) in [6.07, 6.45) is 9.77. The Balaban J connectivity index is 2.54. The van der Waals surface area contributed by atoms with Crippen molar-refractivity contribution in [3.05, 3.63) is 48.1 Å². The third kappa shape index (κ3) is 5.23. The van der Waals surface area contributed by atoms with Crippen LogP contribution in [0.5, 0.6) is 0 Å². The van der Waals surface area contributed by atoms with E-state index in [9.17, 15) is 8.42 Å². The molecule has 0 aliphatic carbocycles. The van der Waals surface area contributed by atoms with Gasteiger partial charge in [-0.15, -0.1) is 11.8 Å². The van der Waals surface area contributed by atoms with Crippen molar-refractivity contribution in [1.82, 2.24) is 9.78 Å². The van der Waals surface area contributed by atoms with Gasteiger partial charge in [0.25, 0.3) is 0 Å². The molecule has 0 saturated carbocycles. The highest BCUT2D eigenvalue weighted by Gasteiger charge is 2.30. The molecule has 0 aliphatic heterocycles. The molecule has 0 fully saturated rings. The summed E-state index contributed by atoms with van der Waals surface area (Å²) < 4.78 is 28.1. The van der Waals surface area contributed by atoms with Gasteiger partial charge in [0.2, 0.25) is 9.84 Å². The summed E-state index contributed by atoms with van der Waals surface area (Å²) in [7, 11) is -3.80. The molecular weight excluding hydrogens is 416 g/mol. The van der Waals surface area contributed by atoms with Crippen LogP contribution in [-0.2, 0) is 9.84 Å². The lowest BCUT2D eigenvalue weighted by Crippen LogP contribution is -2.09. The number of nitrogen functional groups attached to an aromatic ring is 1. The minimum atomic E-state index is -3.80. The number of nitrogens with two attached hydrogens (primary N) is 1. The molecule has 2 aromatic rings. The van der Waals surface area contributed by atoms with Crippen LogP contribution in [0, 0.1) is 11.3 Å². The summed E-state index contributed by atoms with van der Waals surface area (Å²) in [5.41, 5.74) is 8.13. The number of allylic oxidation sites excluding steroid dienone is 4. The van der Waals surface area contributed by atoms with Crippen molar-refractivity contribution in [2.75, 3.05) is 12.0 Å². The van der Waals surface area contributed by atoms with Crippen molar-refractivity contribution in [2.24, 2.45) is 5.92 Å². The van der Waals surface area contributed by atoms with Crippen LogP contribution in [0.4, 0.5) is 5.82 Å². The number of hydrogen-bond donors (Lipinski definition) is 2. The second-order valence-electron chi connectivity index (χ2n) is 7.06. The van der Waals surface area contributed by atoms with Crippen molar-refractivity contribution < 1.29 is 8.42 Å². The van der Waals surface area contributed by atoms with Crippen molar-refractivity contribution in [2.45, 2.75) is 54.9 Å². The van der Waals surface area contributed by atoms with E-state index in [-0.39, 0.29) is 21.5 Å². The Hall–Kier alpha value is -2.32. The van der Waals surface area contributed by atoms with Crippen molar-refractivity contribution in [1.29, 1.82) is 5.41 Å². The molecule has 162 valence electrons. The molecule has 3 N–H and O–H groups in total. The van der Waals surface area contributed by atoms with Crippen molar-refractivity contribution in [3.63, 3.8) is 0 Å². The van der Waals surface area contributed by atoms with Crippen molar-refractivity contribution in [3.8, 4) is 0 Å². The highest BCUT2D eigenvalue weighted by molar-refractivity contribution is 7.99. The normalized spacial score (nSPS) is 14.0. The van der Waals surface area contributed by atoms with Gasteiger partial charge in [-0.2, -0.15) is 5.10 Å². The molecule has 6 nitrogen and oxygen atoms in total. The van der Waals surface area contributed by atoms with Gasteiger partial charge in [0, 0.05) is 0 Å². The first-order valence-corrected chi connectivity index (χ1v) is 12.6. The van der Waals surface area contributed by atoms with Gasteiger partial charge in [0.15, 0.2) is 0 Å². The third-order valence-corrected chi connectivity index (χ3v) is 7.38. The van der Waals surface area contributed by atoms with Crippen LogP contribution in [0.15, 0.2) is 62.9 Å². The highest BCUT2D eigenvalue weighted by atomic mass is 32.2. The number of hydrogen-bond acceptors (Lipinski definition) is 6. The standard InChI is InChI=1S/C22H30N4O2S2/c1-5-10-19(17(3)12-9-11-16(2)15-23)26-21(24)20(22(25-26)29-4)30(27,28)18-13-7-6-8-14-18/h6-8,10,12-16,23H,5,9,11,24H2,1-4H3/b17-12+,19-10-,23-15?. The lowest BCUT2D eigenvalue weighted by molar-refractivity contribution is 0.594. The van der Waals surface area contributed by atoms with Gasteiger partial charge in [0.1, 0.15) is 15.7 Å². The third-order valence-electron chi connectivity index (χ3n) is 4.75. The van der Waals surface area contributed by atoms with E-state index in [1.54, 1.807) is 36.6 Å². The topological polar surface area (TPSA) is 102 Å². The maximum absolute atomic E-state index is 13.3. The molecule has 8 heteroatoms. The fourth-order valence-corrected chi connectivity index (χ4v) is 5.46. The Morgan fingerprint density at radius 3 is 2.53 bits per heavy atom. The van der Waals surface area contributed by atoms with E-state index in [1.165, 1.54) is 22.7 Å². The fourth-order valence-electron chi connectivity index (χ4n) is 3.04. The largest absolute Gasteiger partial charge is 0.382 e. The summed E-state index contributed by atoms with van der Waals surface area (Å²) in [6, 6.07) is 8.29. The average molecular weight is 447 g/mol. The Bertz CT molecular complexity index is 1040. The fraction of sp³-hybridized carbons (Fsp3) is 0.364. The summed E-state index contributed by atoms with van der Waals surface area (Å²) >= 11 is 1.26. The first-order valence-electron chi connectivity index (χ1n) is 9.88. The van der Waals surface area contributed by atoms with Gasteiger partial charge in [0.05, 0.1) is 10.6 Å². The van der Waals surface area contributed by atoms with E-state index in [1.807, 2.05) is 26.8 Å². The number of aromatic nitrogens is 2. The summed E-state index contributed by atoms with van der Waals surface area (Å²) in [5, 5.41) is 12.3. The van der Waals surface area contributed by atoms with Crippen LogP contribution in [-0.4, -0.2) is 30.7 Å². The quantitative estimate of drug-likeness (QED) is 0.293. The molecule has 0 spiro atoms. The van der Waals surface area contributed by atoms with E-state index in [4.69, 9.17) is 11.1 Å². The van der Waals surface area contributed by atoms with Gasteiger partial charge in [-0.05, 0) is 62.3 Å². The SMILES string of the molecule is CC/C=C(/C(C)=C/CCC(C)C=N)n1nc(SC)c(S(=O)(=O)c2ccccc2)c1N. The predicted molar refractivity (Wildman–Crippen MR) is 126 cm³/mol. The van der Waals surface area contributed by atoms with Crippen LogP contribution >= 0.6 is 11.8 Å². The zero-order chi connectivity index (χ0) is 22.3. The van der Waals surface area contributed by atoms with Gasteiger partial charge in [-0.3, -0.25) is 0 Å². The van der Waals surface area contributed by atoms with E-state index in [0.717, 1.165) is 30.5 Å². The molecule has 0 bridgehead atoms. The molecule has 1 aromatic carbocycles. The molecule has 0 aliphatic rings. The van der Waals surface area contributed by atoms with Gasteiger partial charge >= 0.3 is 0 Å². The zero-order valence-corrected chi connectivity index (χ0v) is 19.6. The smallest absolute Gasteiger partial charge is 0.212 e. The average Bonchev–Trinajstić information content (AvgIpc) is 3.09. The van der Waals surface area contributed by atoms with Crippen LogP contribution < -0.4 is 5.73 Å².